The zero-order valence-corrected chi connectivity index (χ0v) is 20.2. The summed E-state index contributed by atoms with van der Waals surface area (Å²) < 4.78 is 8.93. The summed E-state index contributed by atoms with van der Waals surface area (Å²) in [6.45, 7) is 8.52. The van der Waals surface area contributed by atoms with Crippen LogP contribution in [0.25, 0.3) is 0 Å². The van der Waals surface area contributed by atoms with Crippen LogP contribution in [0, 0.1) is 13.8 Å². The Kier molecular flexibility index (Phi) is 10.8. The maximum absolute atomic E-state index is 5.94. The van der Waals surface area contributed by atoms with Crippen LogP contribution in [0.3, 0.4) is 0 Å². The van der Waals surface area contributed by atoms with Crippen LogP contribution < -0.4 is 15.4 Å². The third-order valence-corrected chi connectivity index (χ3v) is 4.54. The van der Waals surface area contributed by atoms with Crippen molar-refractivity contribution in [2.24, 2.45) is 4.99 Å². The van der Waals surface area contributed by atoms with Gasteiger partial charge in [0.1, 0.15) is 11.9 Å². The molecule has 2 aromatic rings. The molecule has 2 N–H and O–H groups in total. The number of guanidine groups is 1. The van der Waals surface area contributed by atoms with Gasteiger partial charge in [-0.25, -0.2) is 0 Å². The second-order valence-electron chi connectivity index (χ2n) is 6.24. The number of nitrogens with one attached hydrogen (secondary N) is 2. The number of para-hydroxylation sites is 1. The van der Waals surface area contributed by atoms with E-state index in [1.54, 1.807) is 7.05 Å². The first-order valence-corrected chi connectivity index (χ1v) is 9.65. The van der Waals surface area contributed by atoms with E-state index in [2.05, 4.69) is 49.6 Å². The van der Waals surface area contributed by atoms with E-state index in [1.807, 2.05) is 42.8 Å². The standard InChI is InChI=1S/C19H28BrN5O.HI/c1-14-12-15(2)25(24-14)11-7-10-22-19(21-4)23-13-16(3)26-18-9-6-5-8-17(18)20;/h5-6,8-9,12,16H,7,10-11,13H2,1-4H3,(H2,21,22,23);1H. The summed E-state index contributed by atoms with van der Waals surface area (Å²) >= 11 is 3.50. The molecule has 2 rings (SSSR count). The van der Waals surface area contributed by atoms with Gasteiger partial charge in [0.15, 0.2) is 5.96 Å². The topological polar surface area (TPSA) is 63.5 Å². The Morgan fingerprint density at radius 3 is 2.67 bits per heavy atom. The molecule has 0 saturated carbocycles. The molecule has 0 aliphatic heterocycles. The molecule has 0 radical (unpaired) electrons. The minimum absolute atomic E-state index is 0. The van der Waals surface area contributed by atoms with Crippen molar-refractivity contribution in [2.45, 2.75) is 39.8 Å². The highest BCUT2D eigenvalue weighted by atomic mass is 127. The summed E-state index contributed by atoms with van der Waals surface area (Å²) in [7, 11) is 1.77. The molecule has 1 atom stereocenters. The number of rotatable bonds is 8. The first-order valence-electron chi connectivity index (χ1n) is 8.86. The Morgan fingerprint density at radius 1 is 1.30 bits per heavy atom. The van der Waals surface area contributed by atoms with Gasteiger partial charge in [0.2, 0.25) is 0 Å². The molecular formula is C19H29BrIN5O. The average Bonchev–Trinajstić information content (AvgIpc) is 2.93. The van der Waals surface area contributed by atoms with E-state index in [-0.39, 0.29) is 30.1 Å². The molecule has 0 fully saturated rings. The zero-order chi connectivity index (χ0) is 18.9. The van der Waals surface area contributed by atoms with Crippen molar-refractivity contribution in [3.8, 4) is 5.75 Å². The number of hydrogen-bond donors (Lipinski definition) is 2. The van der Waals surface area contributed by atoms with Gasteiger partial charge in [-0.2, -0.15) is 5.10 Å². The highest BCUT2D eigenvalue weighted by Crippen LogP contribution is 2.24. The third kappa shape index (κ3) is 8.08. The van der Waals surface area contributed by atoms with Crippen LogP contribution in [0.4, 0.5) is 0 Å². The molecule has 6 nitrogen and oxygen atoms in total. The smallest absolute Gasteiger partial charge is 0.191 e. The van der Waals surface area contributed by atoms with Gasteiger partial charge in [-0.15, -0.1) is 24.0 Å². The van der Waals surface area contributed by atoms with Crippen molar-refractivity contribution >= 4 is 45.9 Å². The number of aryl methyl sites for hydroxylation is 3. The van der Waals surface area contributed by atoms with Crippen molar-refractivity contribution in [1.29, 1.82) is 0 Å². The van der Waals surface area contributed by atoms with Gasteiger partial charge in [-0.05, 0) is 61.3 Å². The van der Waals surface area contributed by atoms with Crippen molar-refractivity contribution in [3.63, 3.8) is 0 Å². The van der Waals surface area contributed by atoms with Crippen LogP contribution in [0.15, 0.2) is 39.8 Å². The molecule has 0 saturated heterocycles. The molecule has 0 bridgehead atoms. The van der Waals surface area contributed by atoms with E-state index in [0.717, 1.165) is 41.4 Å². The molecule has 8 heteroatoms. The van der Waals surface area contributed by atoms with Crippen LogP contribution in [-0.4, -0.2) is 42.0 Å². The highest BCUT2D eigenvalue weighted by Gasteiger charge is 2.08. The lowest BCUT2D eigenvalue weighted by Crippen LogP contribution is -2.42. The fraction of sp³-hybridized carbons (Fsp3) is 0.474. The minimum Gasteiger partial charge on any atom is -0.488 e. The summed E-state index contributed by atoms with van der Waals surface area (Å²) in [4.78, 5) is 4.26. The summed E-state index contributed by atoms with van der Waals surface area (Å²) in [5.41, 5.74) is 2.26. The lowest BCUT2D eigenvalue weighted by Gasteiger charge is -2.18. The predicted molar refractivity (Wildman–Crippen MR) is 125 cm³/mol. The normalized spacial score (nSPS) is 12.3. The van der Waals surface area contributed by atoms with Gasteiger partial charge in [-0.1, -0.05) is 12.1 Å². The monoisotopic (exact) mass is 549 g/mol. The Labute approximate surface area is 187 Å². The fourth-order valence-corrected chi connectivity index (χ4v) is 2.97. The second-order valence-corrected chi connectivity index (χ2v) is 7.10. The number of nitrogens with zero attached hydrogens (tertiary/aromatic N) is 3. The van der Waals surface area contributed by atoms with Gasteiger partial charge in [-0.3, -0.25) is 9.67 Å². The van der Waals surface area contributed by atoms with Gasteiger partial charge >= 0.3 is 0 Å². The van der Waals surface area contributed by atoms with E-state index < -0.39 is 0 Å². The van der Waals surface area contributed by atoms with Crippen LogP contribution in [0.2, 0.25) is 0 Å². The van der Waals surface area contributed by atoms with Crippen LogP contribution in [0.5, 0.6) is 5.75 Å². The van der Waals surface area contributed by atoms with Gasteiger partial charge in [0, 0.05) is 25.8 Å². The fourth-order valence-electron chi connectivity index (χ4n) is 2.60. The third-order valence-electron chi connectivity index (χ3n) is 3.89. The number of halogens is 2. The molecule has 1 unspecified atom stereocenters. The van der Waals surface area contributed by atoms with Crippen LogP contribution >= 0.6 is 39.9 Å². The molecule has 0 aliphatic carbocycles. The summed E-state index contributed by atoms with van der Waals surface area (Å²) in [6, 6.07) is 9.95. The molecule has 0 amide bonds. The summed E-state index contributed by atoms with van der Waals surface area (Å²) in [6.07, 6.45) is 0.994. The first-order chi connectivity index (χ1) is 12.5. The van der Waals surface area contributed by atoms with Gasteiger partial charge in [0.05, 0.1) is 16.7 Å². The molecule has 1 aromatic carbocycles. The Hall–Kier alpha value is -1.29. The molecule has 0 aliphatic rings. The van der Waals surface area contributed by atoms with Gasteiger partial charge < -0.3 is 15.4 Å². The number of ether oxygens (including phenoxy) is 1. The van der Waals surface area contributed by atoms with Crippen molar-refractivity contribution in [3.05, 3.63) is 46.2 Å². The average molecular weight is 550 g/mol. The lowest BCUT2D eigenvalue weighted by molar-refractivity contribution is 0.222. The van der Waals surface area contributed by atoms with E-state index in [0.29, 0.717) is 6.54 Å². The number of aromatic nitrogens is 2. The quantitative estimate of drug-likeness (QED) is 0.227. The maximum Gasteiger partial charge on any atom is 0.191 e. The molecule has 0 spiro atoms. The zero-order valence-electron chi connectivity index (χ0n) is 16.3. The maximum atomic E-state index is 5.94. The van der Waals surface area contributed by atoms with Gasteiger partial charge in [0.25, 0.3) is 0 Å². The molecule has 27 heavy (non-hydrogen) atoms. The highest BCUT2D eigenvalue weighted by molar-refractivity contribution is 14.0. The summed E-state index contributed by atoms with van der Waals surface area (Å²) in [5.74, 6) is 1.62. The second kappa shape index (κ2) is 12.2. The van der Waals surface area contributed by atoms with Crippen molar-refractivity contribution in [1.82, 2.24) is 20.4 Å². The summed E-state index contributed by atoms with van der Waals surface area (Å²) in [5, 5.41) is 11.1. The predicted octanol–water partition coefficient (Wildman–Crippen LogP) is 3.90. The van der Waals surface area contributed by atoms with E-state index in [9.17, 15) is 0 Å². The Bertz CT molecular complexity index is 735. The molecule has 1 heterocycles. The van der Waals surface area contributed by atoms with E-state index in [1.165, 1.54) is 5.69 Å². The minimum atomic E-state index is 0. The van der Waals surface area contributed by atoms with E-state index >= 15 is 0 Å². The van der Waals surface area contributed by atoms with E-state index in [4.69, 9.17) is 4.74 Å². The molecular weight excluding hydrogens is 521 g/mol. The SMILES string of the molecule is CN=C(NCCCn1nc(C)cc1C)NCC(C)Oc1ccccc1Br.I. The molecule has 150 valence electrons. The largest absolute Gasteiger partial charge is 0.488 e. The Morgan fingerprint density at radius 2 is 2.04 bits per heavy atom. The Balaban J connectivity index is 0.00000364. The number of aliphatic imine (C=N–C) groups is 1. The van der Waals surface area contributed by atoms with Crippen LogP contribution in [-0.2, 0) is 6.54 Å². The van der Waals surface area contributed by atoms with Crippen LogP contribution in [0.1, 0.15) is 24.7 Å². The lowest BCUT2D eigenvalue weighted by atomic mass is 10.3. The number of benzene rings is 1. The van der Waals surface area contributed by atoms with Crippen molar-refractivity contribution in [2.75, 3.05) is 20.1 Å². The number of hydrogen-bond acceptors (Lipinski definition) is 3. The molecule has 1 aromatic heterocycles. The first kappa shape index (κ1) is 23.7. The van der Waals surface area contributed by atoms with Crippen molar-refractivity contribution < 1.29 is 4.74 Å².